The van der Waals surface area contributed by atoms with Crippen molar-refractivity contribution in [2.45, 2.75) is 84.0 Å². The molecule has 0 bridgehead atoms. The summed E-state index contributed by atoms with van der Waals surface area (Å²) in [6.07, 6.45) is 17.7. The second kappa shape index (κ2) is 8.70. The molecule has 0 amide bonds. The van der Waals surface area contributed by atoms with Crippen LogP contribution in [0.1, 0.15) is 104 Å². The van der Waals surface area contributed by atoms with Gasteiger partial charge in [0.2, 0.25) is 0 Å². The summed E-state index contributed by atoms with van der Waals surface area (Å²) in [5, 5.41) is 0. The second-order valence-corrected chi connectivity index (χ2v) is 12.6. The number of nitrogens with zero attached hydrogens (tertiary/aromatic N) is 1. The van der Waals surface area contributed by atoms with Crippen LogP contribution in [-0.2, 0) is 6.42 Å². The Balaban J connectivity index is 1.54. The summed E-state index contributed by atoms with van der Waals surface area (Å²) in [5.74, 6) is 1.34. The first-order valence-corrected chi connectivity index (χ1v) is 13.8. The Labute approximate surface area is 206 Å². The van der Waals surface area contributed by atoms with Crippen LogP contribution in [0.3, 0.4) is 0 Å². The summed E-state index contributed by atoms with van der Waals surface area (Å²) >= 11 is 4.66. The van der Waals surface area contributed by atoms with E-state index in [1.165, 1.54) is 61.2 Å². The van der Waals surface area contributed by atoms with Crippen LogP contribution in [0.5, 0.6) is 0 Å². The fourth-order valence-corrected chi connectivity index (χ4v) is 8.51. The molecule has 0 N–H and O–H groups in total. The van der Waals surface area contributed by atoms with Gasteiger partial charge in [0.05, 0.1) is 39.1 Å². The molecule has 0 spiro atoms. The number of hydrogen-bond acceptors (Lipinski definition) is 2. The van der Waals surface area contributed by atoms with Crippen LogP contribution in [0.15, 0.2) is 36.4 Å². The minimum absolute atomic E-state index is 0.300. The van der Waals surface area contributed by atoms with Crippen LogP contribution in [0.25, 0.3) is 11.8 Å². The monoisotopic (exact) mass is 543 g/mol. The number of halogens is 1. The third kappa shape index (κ3) is 4.06. The normalized spacial score (nSPS) is 21.4. The Hall–Kier alpha value is -1.07. The number of rotatable bonds is 3. The quantitative estimate of drug-likeness (QED) is 0.275. The third-order valence-electron chi connectivity index (χ3n) is 7.46. The van der Waals surface area contributed by atoms with E-state index in [9.17, 15) is 0 Å². The van der Waals surface area contributed by atoms with Gasteiger partial charge in [-0.15, -0.1) is 11.3 Å². The van der Waals surface area contributed by atoms with E-state index in [2.05, 4.69) is 101 Å². The van der Waals surface area contributed by atoms with Gasteiger partial charge in [0, 0.05) is 10.8 Å². The maximum atomic E-state index is 2.58. The van der Waals surface area contributed by atoms with Gasteiger partial charge >= 0.3 is 0 Å². The predicted octanol–water partition coefficient (Wildman–Crippen LogP) is 9.49. The van der Waals surface area contributed by atoms with E-state index < -0.39 is 0 Å². The summed E-state index contributed by atoms with van der Waals surface area (Å²) in [5.41, 5.74) is 7.82. The molecule has 0 saturated heterocycles. The zero-order valence-corrected chi connectivity index (χ0v) is 22.1. The van der Waals surface area contributed by atoms with Gasteiger partial charge in [-0.2, -0.15) is 0 Å². The van der Waals surface area contributed by atoms with Crippen molar-refractivity contribution >= 4 is 51.7 Å². The molecule has 2 aromatic rings. The summed E-state index contributed by atoms with van der Waals surface area (Å²) in [7, 11) is 0. The van der Waals surface area contributed by atoms with E-state index in [0.29, 0.717) is 11.3 Å². The minimum atomic E-state index is 0.300. The van der Waals surface area contributed by atoms with Crippen LogP contribution in [0, 0.1) is 5.41 Å². The molecule has 5 rings (SSSR count). The smallest absolute Gasteiger partial charge is 0.0646 e. The molecular formula is C28H34INS. The molecule has 3 aliphatic carbocycles. The molecule has 3 aliphatic rings. The molecule has 1 fully saturated rings. The van der Waals surface area contributed by atoms with Crippen molar-refractivity contribution in [3.05, 3.63) is 62.9 Å². The van der Waals surface area contributed by atoms with Gasteiger partial charge in [-0.25, -0.2) is 0 Å². The fourth-order valence-electron chi connectivity index (χ4n) is 5.74. The van der Waals surface area contributed by atoms with Crippen molar-refractivity contribution in [1.29, 1.82) is 0 Å². The average molecular weight is 544 g/mol. The lowest BCUT2D eigenvalue weighted by atomic mass is 9.74. The number of hydrogen-bond donors (Lipinski definition) is 0. The highest BCUT2D eigenvalue weighted by Gasteiger charge is 2.34. The SMILES string of the molecule is CC(C)(C)C1CC=Cc2c1sc1c2CCC=C1N(I)c1ccccc1C1CCCCC1. The number of thiophene rings is 1. The Bertz CT molecular complexity index is 1020. The van der Waals surface area contributed by atoms with Crippen LogP contribution in [0.4, 0.5) is 5.69 Å². The van der Waals surface area contributed by atoms with E-state index in [4.69, 9.17) is 0 Å². The van der Waals surface area contributed by atoms with Gasteiger partial charge in [0.1, 0.15) is 0 Å². The molecule has 31 heavy (non-hydrogen) atoms. The first kappa shape index (κ1) is 21.8. The molecule has 0 aliphatic heterocycles. The van der Waals surface area contributed by atoms with Gasteiger partial charge in [-0.05, 0) is 66.2 Å². The number of fused-ring (bicyclic) bond motifs is 3. The van der Waals surface area contributed by atoms with Gasteiger partial charge < -0.3 is 0 Å². The van der Waals surface area contributed by atoms with Crippen LogP contribution in [0.2, 0.25) is 0 Å². The highest BCUT2D eigenvalue weighted by molar-refractivity contribution is 14.1. The maximum absolute atomic E-state index is 2.58. The van der Waals surface area contributed by atoms with E-state index >= 15 is 0 Å². The lowest BCUT2D eigenvalue weighted by Crippen LogP contribution is -2.19. The minimum Gasteiger partial charge on any atom is -0.282 e. The molecule has 1 aromatic heterocycles. The van der Waals surface area contributed by atoms with Crippen LogP contribution >= 0.6 is 34.2 Å². The van der Waals surface area contributed by atoms with E-state index in [1.807, 2.05) is 0 Å². The Morgan fingerprint density at radius 1 is 1.06 bits per heavy atom. The molecular weight excluding hydrogens is 509 g/mol. The molecule has 1 unspecified atom stereocenters. The van der Waals surface area contributed by atoms with Crippen LogP contribution < -0.4 is 3.11 Å². The second-order valence-electron chi connectivity index (χ2n) is 10.5. The van der Waals surface area contributed by atoms with Gasteiger partial charge in [-0.1, -0.05) is 76.5 Å². The lowest BCUT2D eigenvalue weighted by Gasteiger charge is -2.31. The van der Waals surface area contributed by atoms with Crippen molar-refractivity contribution in [2.24, 2.45) is 5.41 Å². The molecule has 0 radical (unpaired) electrons. The number of benzene rings is 1. The Kier molecular flexibility index (Phi) is 6.11. The average Bonchev–Trinajstić information content (AvgIpc) is 3.17. The molecule has 1 nitrogen and oxygen atoms in total. The lowest BCUT2D eigenvalue weighted by molar-refractivity contribution is 0.324. The Morgan fingerprint density at radius 2 is 1.84 bits per heavy atom. The van der Waals surface area contributed by atoms with Crippen molar-refractivity contribution in [3.63, 3.8) is 0 Å². The highest BCUT2D eigenvalue weighted by Crippen LogP contribution is 2.52. The zero-order chi connectivity index (χ0) is 21.6. The highest BCUT2D eigenvalue weighted by atomic mass is 127. The first-order chi connectivity index (χ1) is 14.9. The number of allylic oxidation sites excluding steroid dienone is 2. The third-order valence-corrected chi connectivity index (χ3v) is 9.89. The van der Waals surface area contributed by atoms with E-state index in [0.717, 1.165) is 12.3 Å². The predicted molar refractivity (Wildman–Crippen MR) is 145 cm³/mol. The first-order valence-electron chi connectivity index (χ1n) is 12.0. The van der Waals surface area contributed by atoms with Gasteiger partial charge in [-0.3, -0.25) is 3.11 Å². The number of para-hydroxylation sites is 1. The maximum Gasteiger partial charge on any atom is 0.0646 e. The zero-order valence-electron chi connectivity index (χ0n) is 19.1. The van der Waals surface area contributed by atoms with Crippen molar-refractivity contribution in [2.75, 3.05) is 3.11 Å². The number of anilines is 1. The van der Waals surface area contributed by atoms with Gasteiger partial charge in [0.15, 0.2) is 0 Å². The van der Waals surface area contributed by atoms with Gasteiger partial charge in [0.25, 0.3) is 0 Å². The summed E-state index contributed by atoms with van der Waals surface area (Å²) in [6, 6.07) is 9.19. The molecule has 3 heteroatoms. The summed E-state index contributed by atoms with van der Waals surface area (Å²) in [6.45, 7) is 7.21. The molecule has 1 saturated carbocycles. The van der Waals surface area contributed by atoms with E-state index in [1.54, 1.807) is 21.6 Å². The van der Waals surface area contributed by atoms with Crippen molar-refractivity contribution in [3.8, 4) is 0 Å². The van der Waals surface area contributed by atoms with Crippen molar-refractivity contribution in [1.82, 2.24) is 0 Å². The van der Waals surface area contributed by atoms with Crippen LogP contribution in [-0.4, -0.2) is 0 Å². The molecule has 1 atom stereocenters. The molecule has 164 valence electrons. The summed E-state index contributed by atoms with van der Waals surface area (Å²) < 4.78 is 2.48. The topological polar surface area (TPSA) is 3.24 Å². The summed E-state index contributed by atoms with van der Waals surface area (Å²) in [4.78, 5) is 3.14. The molecule has 1 aromatic carbocycles. The van der Waals surface area contributed by atoms with Crippen molar-refractivity contribution < 1.29 is 0 Å². The largest absolute Gasteiger partial charge is 0.282 e. The van der Waals surface area contributed by atoms with E-state index in [-0.39, 0.29) is 0 Å². The molecule has 1 heterocycles. The fraction of sp³-hybridized carbons (Fsp3) is 0.500. The Morgan fingerprint density at radius 3 is 2.61 bits per heavy atom. The standard InChI is InChI=1S/C28H34INS/c1-28(2,3)23-16-9-14-21-22-15-10-18-25(27(22)31-26(21)23)30(29)24-17-8-7-13-20(24)19-11-5-4-6-12-19/h7-9,13-14,17-19,23H,4-6,10-12,15-16H2,1-3H3.